The Balaban J connectivity index is 2.28. The first-order chi connectivity index (χ1) is 10.4. The second-order valence-electron chi connectivity index (χ2n) is 4.84. The van der Waals surface area contributed by atoms with E-state index in [1.54, 1.807) is 30.3 Å². The number of rotatable bonds is 5. The highest BCUT2D eigenvalue weighted by Gasteiger charge is 2.14. The zero-order valence-corrected chi connectivity index (χ0v) is 13.3. The Morgan fingerprint density at radius 3 is 2.36 bits per heavy atom. The smallest absolute Gasteiger partial charge is 0.276 e. The number of hydrogen-bond donors (Lipinski definition) is 2. The Morgan fingerprint density at radius 2 is 1.77 bits per heavy atom. The molecule has 0 aromatic heterocycles. The van der Waals surface area contributed by atoms with Crippen molar-refractivity contribution < 1.29 is 13.5 Å². The van der Waals surface area contributed by atoms with Crippen LogP contribution in [0.4, 0.5) is 0 Å². The van der Waals surface area contributed by atoms with Crippen LogP contribution in [-0.4, -0.2) is 19.2 Å². The molecule has 22 heavy (non-hydrogen) atoms. The molecule has 0 aliphatic heterocycles. The topological polar surface area (TPSA) is 78.8 Å². The van der Waals surface area contributed by atoms with Crippen LogP contribution in [0.3, 0.4) is 0 Å². The monoisotopic (exact) mass is 318 g/mol. The van der Waals surface area contributed by atoms with Gasteiger partial charge in [-0.25, -0.2) is 0 Å². The summed E-state index contributed by atoms with van der Waals surface area (Å²) < 4.78 is 24.4. The highest BCUT2D eigenvalue weighted by molar-refractivity contribution is 7.89. The molecule has 5 nitrogen and oxygen atoms in total. The van der Waals surface area contributed by atoms with Crippen LogP contribution in [0.1, 0.15) is 24.5 Å². The van der Waals surface area contributed by atoms with Crippen molar-refractivity contribution in [3.05, 3.63) is 59.7 Å². The molecule has 0 fully saturated rings. The number of aromatic hydroxyl groups is 1. The molecule has 2 rings (SSSR count). The molecule has 2 N–H and O–H groups in total. The molecular formula is C16H18N2O3S. The average molecular weight is 318 g/mol. The van der Waals surface area contributed by atoms with E-state index in [-0.39, 0.29) is 10.6 Å². The lowest BCUT2D eigenvalue weighted by atomic mass is 10.1. The normalized spacial score (nSPS) is 12.2. The van der Waals surface area contributed by atoms with Gasteiger partial charge < -0.3 is 5.11 Å². The maximum absolute atomic E-state index is 12.2. The first kappa shape index (κ1) is 16.0. The molecule has 0 radical (unpaired) electrons. The summed E-state index contributed by atoms with van der Waals surface area (Å²) in [6, 6.07) is 13.2. The van der Waals surface area contributed by atoms with Gasteiger partial charge in [0, 0.05) is 5.56 Å². The molecule has 2 aromatic rings. The van der Waals surface area contributed by atoms with Crippen molar-refractivity contribution in [2.75, 3.05) is 0 Å². The van der Waals surface area contributed by atoms with Gasteiger partial charge in [0.1, 0.15) is 5.75 Å². The van der Waals surface area contributed by atoms with Crippen molar-refractivity contribution in [3.63, 3.8) is 0 Å². The number of nitrogens with zero attached hydrogens (tertiary/aromatic N) is 1. The van der Waals surface area contributed by atoms with E-state index in [1.165, 1.54) is 18.2 Å². The van der Waals surface area contributed by atoms with Gasteiger partial charge in [-0.1, -0.05) is 36.8 Å². The molecule has 6 heteroatoms. The van der Waals surface area contributed by atoms with E-state index >= 15 is 0 Å². The maximum Gasteiger partial charge on any atom is 0.276 e. The third kappa shape index (κ3) is 3.65. The van der Waals surface area contributed by atoms with Crippen LogP contribution in [0.15, 0.2) is 58.5 Å². The molecule has 0 bridgehead atoms. The summed E-state index contributed by atoms with van der Waals surface area (Å²) in [7, 11) is -3.72. The fourth-order valence-corrected chi connectivity index (χ4v) is 2.76. The van der Waals surface area contributed by atoms with E-state index in [9.17, 15) is 13.5 Å². The van der Waals surface area contributed by atoms with E-state index in [2.05, 4.69) is 9.93 Å². The van der Waals surface area contributed by atoms with E-state index < -0.39 is 10.0 Å². The van der Waals surface area contributed by atoms with Crippen molar-refractivity contribution in [2.45, 2.75) is 25.2 Å². The molecule has 0 atom stereocenters. The first-order valence-electron chi connectivity index (χ1n) is 6.87. The summed E-state index contributed by atoms with van der Waals surface area (Å²) in [4.78, 5) is 2.37. The van der Waals surface area contributed by atoms with Crippen molar-refractivity contribution in [2.24, 2.45) is 5.10 Å². The van der Waals surface area contributed by atoms with Crippen LogP contribution in [0, 0.1) is 6.92 Å². The number of sulfonamides is 1. The number of hydrazone groups is 1. The van der Waals surface area contributed by atoms with Crippen molar-refractivity contribution in [1.29, 1.82) is 0 Å². The molecule has 0 spiro atoms. The van der Waals surface area contributed by atoms with Gasteiger partial charge in [0.15, 0.2) is 0 Å². The molecule has 2 aromatic carbocycles. The van der Waals surface area contributed by atoms with Gasteiger partial charge >= 0.3 is 0 Å². The van der Waals surface area contributed by atoms with Gasteiger partial charge in [-0.3, -0.25) is 0 Å². The van der Waals surface area contributed by atoms with Gasteiger partial charge in [0.05, 0.1) is 10.6 Å². The fraction of sp³-hybridized carbons (Fsp3) is 0.188. The first-order valence-corrected chi connectivity index (χ1v) is 8.35. The van der Waals surface area contributed by atoms with Crippen LogP contribution in [0.5, 0.6) is 5.75 Å². The number of benzene rings is 2. The number of aryl methyl sites for hydroxylation is 1. The van der Waals surface area contributed by atoms with Crippen LogP contribution in [0.25, 0.3) is 0 Å². The van der Waals surface area contributed by atoms with Crippen molar-refractivity contribution in [3.8, 4) is 5.75 Å². The number of phenolic OH excluding ortho intramolecular Hbond substituents is 1. The minimum absolute atomic E-state index is 0.0673. The van der Waals surface area contributed by atoms with Gasteiger partial charge in [-0.15, -0.1) is 0 Å². The zero-order valence-electron chi connectivity index (χ0n) is 12.4. The number of hydrogen-bond acceptors (Lipinski definition) is 4. The molecule has 0 unspecified atom stereocenters. The molecule has 0 aliphatic rings. The van der Waals surface area contributed by atoms with Crippen LogP contribution < -0.4 is 4.83 Å². The third-order valence-corrected chi connectivity index (χ3v) is 4.41. The fourth-order valence-electron chi connectivity index (χ4n) is 1.93. The third-order valence-electron chi connectivity index (χ3n) is 3.18. The van der Waals surface area contributed by atoms with Crippen LogP contribution >= 0.6 is 0 Å². The lowest BCUT2D eigenvalue weighted by molar-refractivity contribution is 0.474. The summed E-state index contributed by atoms with van der Waals surface area (Å²) in [5, 5.41) is 13.8. The number of nitrogens with one attached hydrogen (secondary N) is 1. The van der Waals surface area contributed by atoms with Gasteiger partial charge in [0.2, 0.25) is 0 Å². The Morgan fingerprint density at radius 1 is 1.14 bits per heavy atom. The van der Waals surface area contributed by atoms with Crippen LogP contribution in [-0.2, 0) is 10.0 Å². The molecule has 0 aliphatic carbocycles. The second kappa shape index (κ2) is 6.62. The van der Waals surface area contributed by atoms with E-state index in [4.69, 9.17) is 0 Å². The van der Waals surface area contributed by atoms with Gasteiger partial charge in [-0.2, -0.15) is 18.4 Å². The van der Waals surface area contributed by atoms with Gasteiger partial charge in [0.25, 0.3) is 10.0 Å². The Hall–Kier alpha value is -2.34. The molecule has 0 amide bonds. The largest absolute Gasteiger partial charge is 0.507 e. The highest BCUT2D eigenvalue weighted by atomic mass is 32.2. The summed E-state index contributed by atoms with van der Waals surface area (Å²) in [5.74, 6) is 0.0673. The van der Waals surface area contributed by atoms with E-state index in [1.807, 2.05) is 13.8 Å². The molecule has 116 valence electrons. The molecular weight excluding hydrogens is 300 g/mol. The highest BCUT2D eigenvalue weighted by Crippen LogP contribution is 2.18. The average Bonchev–Trinajstić information content (AvgIpc) is 2.50. The number of para-hydroxylation sites is 1. The quantitative estimate of drug-likeness (QED) is 0.657. The zero-order chi connectivity index (χ0) is 16.2. The molecule has 0 saturated carbocycles. The minimum atomic E-state index is -3.72. The second-order valence-corrected chi connectivity index (χ2v) is 6.50. The van der Waals surface area contributed by atoms with Crippen molar-refractivity contribution in [1.82, 2.24) is 4.83 Å². The lowest BCUT2D eigenvalue weighted by Gasteiger charge is -2.08. The van der Waals surface area contributed by atoms with Crippen LogP contribution in [0.2, 0.25) is 0 Å². The Labute approximate surface area is 130 Å². The van der Waals surface area contributed by atoms with Crippen molar-refractivity contribution >= 4 is 15.7 Å². The number of phenols is 1. The minimum Gasteiger partial charge on any atom is -0.507 e. The molecule has 0 heterocycles. The summed E-state index contributed by atoms with van der Waals surface area (Å²) >= 11 is 0. The maximum atomic E-state index is 12.2. The Kier molecular flexibility index (Phi) is 4.82. The Bertz CT molecular complexity index is 781. The SMILES string of the molecule is CCC(=NNS(=O)(=O)c1ccc(C)cc1)c1ccccc1O. The summed E-state index contributed by atoms with van der Waals surface area (Å²) in [5.41, 5.74) is 1.95. The predicted molar refractivity (Wildman–Crippen MR) is 86.4 cm³/mol. The summed E-state index contributed by atoms with van der Waals surface area (Å²) in [6.07, 6.45) is 0.480. The summed E-state index contributed by atoms with van der Waals surface area (Å²) in [6.45, 7) is 3.72. The lowest BCUT2D eigenvalue weighted by Crippen LogP contribution is -2.20. The van der Waals surface area contributed by atoms with Gasteiger partial charge in [-0.05, 0) is 37.6 Å². The van der Waals surface area contributed by atoms with E-state index in [0.29, 0.717) is 17.7 Å². The standard InChI is InChI=1S/C16H18N2O3S/c1-3-15(14-6-4-5-7-16(14)19)17-18-22(20,21)13-10-8-12(2)9-11-13/h4-11,18-19H,3H2,1-2H3. The van der Waals surface area contributed by atoms with E-state index in [0.717, 1.165) is 5.56 Å². The molecule has 0 saturated heterocycles. The predicted octanol–water partition coefficient (Wildman–Crippen LogP) is 2.79.